The van der Waals surface area contributed by atoms with Gasteiger partial charge in [0.15, 0.2) is 0 Å². The molecule has 0 aromatic heterocycles. The van der Waals surface area contributed by atoms with Crippen LogP contribution in [0.2, 0.25) is 0 Å². The first-order valence-electron chi connectivity index (χ1n) is 6.13. The first kappa shape index (κ1) is 15.7. The number of carbonyl (C=O) groups is 1. The average Bonchev–Trinajstić information content (AvgIpc) is 2.43. The van der Waals surface area contributed by atoms with Crippen molar-refractivity contribution in [2.45, 2.75) is 6.42 Å². The fourth-order valence-electron chi connectivity index (χ4n) is 1.76. The number of rotatable bonds is 4. The number of hydrogen-bond acceptors (Lipinski definition) is 3. The summed E-state index contributed by atoms with van der Waals surface area (Å²) in [6.07, 6.45) is 0.536. The highest BCUT2D eigenvalue weighted by Gasteiger charge is 2.08. The van der Waals surface area contributed by atoms with E-state index < -0.39 is 0 Å². The molecule has 1 amide bonds. The predicted molar refractivity (Wildman–Crippen MR) is 95.7 cm³/mol. The van der Waals surface area contributed by atoms with Gasteiger partial charge in [0.05, 0.1) is 8.56 Å². The number of carbonyl (C=O) groups excluding carboxylic acids is 1. The van der Waals surface area contributed by atoms with Gasteiger partial charge < -0.3 is 16.2 Å². The smallest absolute Gasteiger partial charge is 0.255 e. The number of anilines is 1. The summed E-state index contributed by atoms with van der Waals surface area (Å²) in [7, 11) is 0. The van der Waals surface area contributed by atoms with Crippen molar-refractivity contribution in [2.24, 2.45) is 5.73 Å². The molecule has 0 aliphatic heterocycles. The van der Waals surface area contributed by atoms with Gasteiger partial charge in [-0.15, -0.1) is 0 Å². The zero-order valence-corrected chi connectivity index (χ0v) is 13.9. The van der Waals surface area contributed by atoms with E-state index >= 15 is 0 Å². The first-order chi connectivity index (χ1) is 9.95. The van der Waals surface area contributed by atoms with Crippen LogP contribution in [0.5, 0.6) is 5.75 Å². The van der Waals surface area contributed by atoms with Crippen LogP contribution in [0.3, 0.4) is 0 Å². The van der Waals surface area contributed by atoms with Crippen molar-refractivity contribution in [1.29, 1.82) is 0 Å². The van der Waals surface area contributed by atoms with E-state index in [0.717, 1.165) is 5.56 Å². The van der Waals surface area contributed by atoms with Crippen LogP contribution in [0.1, 0.15) is 15.9 Å². The van der Waals surface area contributed by atoms with Crippen molar-refractivity contribution in [1.82, 2.24) is 0 Å². The van der Waals surface area contributed by atoms with Crippen molar-refractivity contribution in [3.63, 3.8) is 0 Å². The van der Waals surface area contributed by atoms with Crippen LogP contribution in [-0.4, -0.2) is 16.0 Å². The van der Waals surface area contributed by atoms with Crippen molar-refractivity contribution >= 4 is 51.4 Å². The molecule has 0 aliphatic rings. The number of amides is 1. The predicted octanol–water partition coefficient (Wildman–Crippen LogP) is 3.08. The SMILES string of the molecule is NC(=S)Cc1ccc(NC(=O)c2ccc(I)c(O)c2)cc1. The second kappa shape index (κ2) is 6.86. The van der Waals surface area contributed by atoms with Gasteiger partial charge in [-0.3, -0.25) is 4.79 Å². The molecule has 0 saturated heterocycles. The Bertz CT molecular complexity index is 687. The minimum atomic E-state index is -0.274. The van der Waals surface area contributed by atoms with Crippen molar-refractivity contribution in [3.05, 3.63) is 57.2 Å². The average molecular weight is 412 g/mol. The molecule has 0 fully saturated rings. The number of aromatic hydroxyl groups is 1. The molecule has 108 valence electrons. The highest BCUT2D eigenvalue weighted by molar-refractivity contribution is 14.1. The molecule has 0 saturated carbocycles. The zero-order valence-electron chi connectivity index (χ0n) is 11.0. The summed E-state index contributed by atoms with van der Waals surface area (Å²) in [6.45, 7) is 0. The standard InChI is InChI=1S/C15H13IN2O2S/c16-12-6-3-10(8-13(12)19)15(20)18-11-4-1-9(2-5-11)7-14(17)21/h1-6,8,19H,7H2,(H2,17,21)(H,18,20). The lowest BCUT2D eigenvalue weighted by Gasteiger charge is -2.07. The Labute approximate surface area is 141 Å². The van der Waals surface area contributed by atoms with Crippen LogP contribution < -0.4 is 11.1 Å². The quantitative estimate of drug-likeness (QED) is 0.533. The van der Waals surface area contributed by atoms with E-state index in [1.54, 1.807) is 24.3 Å². The van der Waals surface area contributed by atoms with E-state index in [2.05, 4.69) is 5.32 Å². The largest absolute Gasteiger partial charge is 0.507 e. The molecular weight excluding hydrogens is 399 g/mol. The van der Waals surface area contributed by atoms with Gasteiger partial charge in [-0.1, -0.05) is 24.4 Å². The Kier molecular flexibility index (Phi) is 5.13. The molecular formula is C15H13IN2O2S. The number of nitrogens with one attached hydrogen (secondary N) is 1. The first-order valence-corrected chi connectivity index (χ1v) is 7.61. The molecule has 4 nitrogen and oxygen atoms in total. The lowest BCUT2D eigenvalue weighted by atomic mass is 10.1. The molecule has 0 bridgehead atoms. The second-order valence-corrected chi connectivity index (χ2v) is 6.15. The minimum absolute atomic E-state index is 0.0926. The molecule has 2 aromatic rings. The van der Waals surface area contributed by atoms with Crippen LogP contribution in [-0.2, 0) is 6.42 Å². The van der Waals surface area contributed by atoms with Crippen LogP contribution in [0, 0.1) is 3.57 Å². The molecule has 0 spiro atoms. The Morgan fingerprint density at radius 2 is 1.90 bits per heavy atom. The van der Waals surface area contributed by atoms with Gasteiger partial charge >= 0.3 is 0 Å². The van der Waals surface area contributed by atoms with Gasteiger partial charge in [0.1, 0.15) is 5.75 Å². The van der Waals surface area contributed by atoms with Gasteiger partial charge in [-0.2, -0.15) is 0 Å². The van der Waals surface area contributed by atoms with E-state index in [9.17, 15) is 9.90 Å². The third-order valence-electron chi connectivity index (χ3n) is 2.80. The van der Waals surface area contributed by atoms with Crippen LogP contribution in [0.15, 0.2) is 42.5 Å². The lowest BCUT2D eigenvalue weighted by molar-refractivity contribution is 0.102. The number of phenols is 1. The maximum atomic E-state index is 12.1. The summed E-state index contributed by atoms with van der Waals surface area (Å²) >= 11 is 6.85. The monoisotopic (exact) mass is 412 g/mol. The van der Waals surface area contributed by atoms with Gasteiger partial charge in [0.2, 0.25) is 0 Å². The van der Waals surface area contributed by atoms with Gasteiger partial charge in [-0.25, -0.2) is 0 Å². The maximum Gasteiger partial charge on any atom is 0.255 e. The van der Waals surface area contributed by atoms with Crippen molar-refractivity contribution in [3.8, 4) is 5.75 Å². The molecule has 21 heavy (non-hydrogen) atoms. The minimum Gasteiger partial charge on any atom is -0.507 e. The van der Waals surface area contributed by atoms with E-state index in [1.165, 1.54) is 6.07 Å². The van der Waals surface area contributed by atoms with E-state index in [4.69, 9.17) is 18.0 Å². The summed E-state index contributed by atoms with van der Waals surface area (Å²) in [5.41, 5.74) is 7.55. The Morgan fingerprint density at radius 3 is 2.48 bits per heavy atom. The third-order valence-corrected chi connectivity index (χ3v) is 3.86. The van der Waals surface area contributed by atoms with Crippen molar-refractivity contribution < 1.29 is 9.90 Å². The van der Waals surface area contributed by atoms with E-state index in [-0.39, 0.29) is 11.7 Å². The van der Waals surface area contributed by atoms with Crippen molar-refractivity contribution in [2.75, 3.05) is 5.32 Å². The van der Waals surface area contributed by atoms with Gasteiger partial charge in [0.25, 0.3) is 5.91 Å². The summed E-state index contributed by atoms with van der Waals surface area (Å²) in [4.78, 5) is 12.5. The molecule has 4 N–H and O–H groups in total. The number of phenolic OH excluding ortho intramolecular Hbond substituents is 1. The number of nitrogens with two attached hydrogens (primary N) is 1. The van der Waals surface area contributed by atoms with E-state index in [0.29, 0.717) is 26.2 Å². The normalized spacial score (nSPS) is 10.1. The van der Waals surface area contributed by atoms with Crippen LogP contribution in [0.25, 0.3) is 0 Å². The number of halogens is 1. The number of thiocarbonyl (C=S) groups is 1. The fraction of sp³-hybridized carbons (Fsp3) is 0.0667. The Balaban J connectivity index is 2.08. The summed E-state index contributed by atoms with van der Waals surface area (Å²) in [6, 6.07) is 12.1. The highest BCUT2D eigenvalue weighted by Crippen LogP contribution is 2.21. The van der Waals surface area contributed by atoms with Crippen LogP contribution in [0.4, 0.5) is 5.69 Å². The zero-order chi connectivity index (χ0) is 15.4. The summed E-state index contributed by atoms with van der Waals surface area (Å²) < 4.78 is 0.700. The van der Waals surface area contributed by atoms with Gasteiger partial charge in [-0.05, 0) is 58.5 Å². The molecule has 2 aromatic carbocycles. The molecule has 0 atom stereocenters. The third kappa shape index (κ3) is 4.40. The fourth-order valence-corrected chi connectivity index (χ4v) is 2.27. The second-order valence-electron chi connectivity index (χ2n) is 4.46. The van der Waals surface area contributed by atoms with E-state index in [1.807, 2.05) is 34.7 Å². The topological polar surface area (TPSA) is 75.3 Å². The highest BCUT2D eigenvalue weighted by atomic mass is 127. The molecule has 0 radical (unpaired) electrons. The number of hydrogen-bond donors (Lipinski definition) is 3. The van der Waals surface area contributed by atoms with Gasteiger partial charge in [0, 0.05) is 17.7 Å². The molecule has 2 rings (SSSR count). The lowest BCUT2D eigenvalue weighted by Crippen LogP contribution is -2.13. The summed E-state index contributed by atoms with van der Waals surface area (Å²) in [5, 5.41) is 12.4. The Morgan fingerprint density at radius 1 is 1.24 bits per heavy atom. The molecule has 0 aliphatic carbocycles. The summed E-state index contributed by atoms with van der Waals surface area (Å²) in [5.74, 6) is -0.182. The molecule has 0 heterocycles. The molecule has 6 heteroatoms. The Hall–Kier alpha value is -1.67. The molecule has 0 unspecified atom stereocenters. The van der Waals surface area contributed by atoms with Crippen LogP contribution >= 0.6 is 34.8 Å². The number of benzene rings is 2. The maximum absolute atomic E-state index is 12.1.